The highest BCUT2D eigenvalue weighted by molar-refractivity contribution is 7.86. The van der Waals surface area contributed by atoms with E-state index in [0.717, 1.165) is 5.56 Å². The second-order valence-electron chi connectivity index (χ2n) is 4.53. The molecule has 2 rings (SSSR count). The van der Waals surface area contributed by atoms with Crippen molar-refractivity contribution in [2.45, 2.75) is 18.4 Å². The Balaban J connectivity index is 2.15. The number of hydrogen-bond acceptors (Lipinski definition) is 4. The molecule has 4 nitrogen and oxygen atoms in total. The Morgan fingerprint density at radius 3 is 2.38 bits per heavy atom. The molecule has 0 atom stereocenters. The second kappa shape index (κ2) is 6.47. The van der Waals surface area contributed by atoms with Crippen molar-refractivity contribution >= 4 is 21.7 Å². The molecular formula is C15H15ClO4S. The molecule has 2 aromatic carbocycles. The van der Waals surface area contributed by atoms with Gasteiger partial charge in [0.15, 0.2) is 0 Å². The number of aryl methyl sites for hydroxylation is 1. The van der Waals surface area contributed by atoms with Crippen LogP contribution in [0.2, 0.25) is 5.02 Å². The number of rotatable bonds is 5. The quantitative estimate of drug-likeness (QED) is 0.788. The van der Waals surface area contributed by atoms with Gasteiger partial charge in [0.2, 0.25) is 0 Å². The first-order valence-electron chi connectivity index (χ1n) is 6.20. The van der Waals surface area contributed by atoms with Crippen LogP contribution in [0.5, 0.6) is 5.75 Å². The van der Waals surface area contributed by atoms with Crippen LogP contribution in [0.4, 0.5) is 0 Å². The second-order valence-corrected chi connectivity index (χ2v) is 6.58. The topological polar surface area (TPSA) is 52.6 Å². The van der Waals surface area contributed by atoms with Crippen LogP contribution in [0.3, 0.4) is 0 Å². The maximum Gasteiger partial charge on any atom is 0.297 e. The molecule has 0 radical (unpaired) electrons. The van der Waals surface area contributed by atoms with Gasteiger partial charge in [-0.05, 0) is 42.8 Å². The summed E-state index contributed by atoms with van der Waals surface area (Å²) in [4.78, 5) is 0.127. The molecule has 0 saturated heterocycles. The summed E-state index contributed by atoms with van der Waals surface area (Å²) < 4.78 is 34.3. The molecule has 0 N–H and O–H groups in total. The van der Waals surface area contributed by atoms with E-state index in [2.05, 4.69) is 0 Å². The SMILES string of the molecule is COc1cc(Cl)cc(COS(=O)(=O)c2ccc(C)cc2)c1. The van der Waals surface area contributed by atoms with Gasteiger partial charge in [0, 0.05) is 5.02 Å². The van der Waals surface area contributed by atoms with Crippen LogP contribution in [0.25, 0.3) is 0 Å². The Labute approximate surface area is 129 Å². The van der Waals surface area contributed by atoms with E-state index in [1.54, 1.807) is 30.3 Å². The smallest absolute Gasteiger partial charge is 0.297 e. The van der Waals surface area contributed by atoms with Crippen molar-refractivity contribution in [1.82, 2.24) is 0 Å². The molecule has 0 heterocycles. The minimum absolute atomic E-state index is 0.104. The van der Waals surface area contributed by atoms with Crippen molar-refractivity contribution in [3.8, 4) is 5.75 Å². The Kier molecular flexibility index (Phi) is 4.88. The van der Waals surface area contributed by atoms with Crippen LogP contribution >= 0.6 is 11.6 Å². The molecular weight excluding hydrogens is 312 g/mol. The van der Waals surface area contributed by atoms with Crippen LogP contribution in [-0.2, 0) is 20.9 Å². The summed E-state index contributed by atoms with van der Waals surface area (Å²) in [6.07, 6.45) is 0. The van der Waals surface area contributed by atoms with Gasteiger partial charge < -0.3 is 4.74 Å². The van der Waals surface area contributed by atoms with Gasteiger partial charge in [-0.3, -0.25) is 4.18 Å². The normalized spacial score (nSPS) is 11.4. The standard InChI is InChI=1S/C15H15ClO4S/c1-11-3-5-15(6-4-11)21(17,18)20-10-12-7-13(16)9-14(8-12)19-2/h3-9H,10H2,1-2H3. The predicted molar refractivity (Wildman–Crippen MR) is 81.2 cm³/mol. The molecule has 0 aliphatic rings. The molecule has 0 aliphatic carbocycles. The van der Waals surface area contributed by atoms with E-state index in [0.29, 0.717) is 16.3 Å². The highest BCUT2D eigenvalue weighted by atomic mass is 35.5. The van der Waals surface area contributed by atoms with Crippen molar-refractivity contribution < 1.29 is 17.3 Å². The monoisotopic (exact) mass is 326 g/mol. The summed E-state index contributed by atoms with van der Waals surface area (Å²) in [5.74, 6) is 0.550. The van der Waals surface area contributed by atoms with Gasteiger partial charge in [0.25, 0.3) is 10.1 Å². The lowest BCUT2D eigenvalue weighted by Crippen LogP contribution is -2.06. The summed E-state index contributed by atoms with van der Waals surface area (Å²) in [5.41, 5.74) is 1.60. The summed E-state index contributed by atoms with van der Waals surface area (Å²) in [7, 11) is -2.28. The summed E-state index contributed by atoms with van der Waals surface area (Å²) in [6, 6.07) is 11.4. The summed E-state index contributed by atoms with van der Waals surface area (Å²) in [5, 5.41) is 0.459. The third kappa shape index (κ3) is 4.20. The summed E-state index contributed by atoms with van der Waals surface area (Å²) in [6.45, 7) is 1.78. The third-order valence-corrected chi connectivity index (χ3v) is 4.35. The van der Waals surface area contributed by atoms with Crippen molar-refractivity contribution in [2.24, 2.45) is 0 Å². The van der Waals surface area contributed by atoms with Crippen LogP contribution in [0, 0.1) is 6.92 Å². The predicted octanol–water partition coefficient (Wildman–Crippen LogP) is 3.56. The average Bonchev–Trinajstić information content (AvgIpc) is 2.45. The zero-order chi connectivity index (χ0) is 15.5. The molecule has 2 aromatic rings. The average molecular weight is 327 g/mol. The highest BCUT2D eigenvalue weighted by Crippen LogP contribution is 2.22. The van der Waals surface area contributed by atoms with Crippen molar-refractivity contribution in [3.63, 3.8) is 0 Å². The zero-order valence-corrected chi connectivity index (χ0v) is 13.2. The molecule has 0 amide bonds. The van der Waals surface area contributed by atoms with E-state index in [-0.39, 0.29) is 11.5 Å². The molecule has 0 saturated carbocycles. The van der Waals surface area contributed by atoms with E-state index < -0.39 is 10.1 Å². The number of halogens is 1. The minimum atomic E-state index is -3.79. The first-order chi connectivity index (χ1) is 9.90. The van der Waals surface area contributed by atoms with Gasteiger partial charge in [-0.25, -0.2) is 0 Å². The van der Waals surface area contributed by atoms with Crippen LogP contribution in [0.1, 0.15) is 11.1 Å². The fourth-order valence-corrected chi connectivity index (χ4v) is 2.88. The Bertz CT molecular complexity index is 724. The van der Waals surface area contributed by atoms with E-state index >= 15 is 0 Å². The number of methoxy groups -OCH3 is 1. The Morgan fingerprint density at radius 2 is 1.76 bits per heavy atom. The first kappa shape index (κ1) is 15.8. The largest absolute Gasteiger partial charge is 0.497 e. The van der Waals surface area contributed by atoms with Crippen LogP contribution in [0.15, 0.2) is 47.4 Å². The summed E-state index contributed by atoms with van der Waals surface area (Å²) >= 11 is 5.93. The van der Waals surface area contributed by atoms with Gasteiger partial charge in [0.05, 0.1) is 18.6 Å². The molecule has 21 heavy (non-hydrogen) atoms. The van der Waals surface area contributed by atoms with Gasteiger partial charge >= 0.3 is 0 Å². The van der Waals surface area contributed by atoms with Crippen molar-refractivity contribution in [1.29, 1.82) is 0 Å². The lowest BCUT2D eigenvalue weighted by molar-refractivity contribution is 0.307. The molecule has 6 heteroatoms. The van der Waals surface area contributed by atoms with E-state index in [9.17, 15) is 8.42 Å². The first-order valence-corrected chi connectivity index (χ1v) is 7.99. The Hall–Kier alpha value is -1.56. The van der Waals surface area contributed by atoms with E-state index in [1.807, 2.05) is 6.92 Å². The maximum atomic E-state index is 12.1. The van der Waals surface area contributed by atoms with Gasteiger partial charge in [-0.15, -0.1) is 0 Å². The molecule has 0 unspecified atom stereocenters. The van der Waals surface area contributed by atoms with Crippen LogP contribution in [-0.4, -0.2) is 15.5 Å². The van der Waals surface area contributed by atoms with Crippen molar-refractivity contribution in [2.75, 3.05) is 7.11 Å². The molecule has 0 aliphatic heterocycles. The maximum absolute atomic E-state index is 12.1. The number of ether oxygens (including phenoxy) is 1. The van der Waals surface area contributed by atoms with Crippen LogP contribution < -0.4 is 4.74 Å². The third-order valence-electron chi connectivity index (χ3n) is 2.86. The van der Waals surface area contributed by atoms with Gasteiger partial charge in [0.1, 0.15) is 5.75 Å². The Morgan fingerprint density at radius 1 is 1.10 bits per heavy atom. The van der Waals surface area contributed by atoms with Gasteiger partial charge in [-0.2, -0.15) is 8.42 Å². The van der Waals surface area contributed by atoms with Gasteiger partial charge in [-0.1, -0.05) is 29.3 Å². The molecule has 0 aromatic heterocycles. The van der Waals surface area contributed by atoms with Crippen molar-refractivity contribution in [3.05, 3.63) is 58.6 Å². The highest BCUT2D eigenvalue weighted by Gasteiger charge is 2.15. The molecule has 112 valence electrons. The molecule has 0 fully saturated rings. The molecule has 0 bridgehead atoms. The lowest BCUT2D eigenvalue weighted by atomic mass is 10.2. The fourth-order valence-electron chi connectivity index (χ4n) is 1.74. The molecule has 0 spiro atoms. The zero-order valence-electron chi connectivity index (χ0n) is 11.7. The number of hydrogen-bond donors (Lipinski definition) is 0. The lowest BCUT2D eigenvalue weighted by Gasteiger charge is -2.08. The minimum Gasteiger partial charge on any atom is -0.497 e. The van der Waals surface area contributed by atoms with E-state index in [1.165, 1.54) is 19.2 Å². The number of benzene rings is 2. The fraction of sp³-hybridized carbons (Fsp3) is 0.200. The van der Waals surface area contributed by atoms with E-state index in [4.69, 9.17) is 20.5 Å².